The van der Waals surface area contributed by atoms with Crippen molar-refractivity contribution in [1.29, 1.82) is 0 Å². The number of carbonyl (C=O) groups is 4. The molecule has 31 heavy (non-hydrogen) atoms. The molecular formula is C21H24FN3O6. The summed E-state index contributed by atoms with van der Waals surface area (Å²) >= 11 is 0. The van der Waals surface area contributed by atoms with Gasteiger partial charge in [0.2, 0.25) is 5.91 Å². The number of aliphatic hydroxyl groups excluding tert-OH is 1. The van der Waals surface area contributed by atoms with E-state index >= 15 is 0 Å². The number of benzene rings is 1. The highest BCUT2D eigenvalue weighted by molar-refractivity contribution is 6.12. The molecule has 1 atom stereocenters. The number of ether oxygens (including phenoxy) is 1. The zero-order valence-electron chi connectivity index (χ0n) is 17.5. The van der Waals surface area contributed by atoms with Crippen LogP contribution in [0.1, 0.15) is 34.8 Å². The Morgan fingerprint density at radius 2 is 2.06 bits per heavy atom. The van der Waals surface area contributed by atoms with E-state index in [0.717, 1.165) is 6.07 Å². The lowest BCUT2D eigenvalue weighted by Crippen LogP contribution is -2.43. The van der Waals surface area contributed by atoms with Gasteiger partial charge in [-0.2, -0.15) is 0 Å². The summed E-state index contributed by atoms with van der Waals surface area (Å²) in [5.41, 5.74) is 0.893. The van der Waals surface area contributed by atoms with Gasteiger partial charge in [-0.25, -0.2) is 9.18 Å². The number of hydrogen-bond acceptors (Lipinski definition) is 7. The van der Waals surface area contributed by atoms with E-state index in [9.17, 15) is 28.7 Å². The lowest BCUT2D eigenvalue weighted by Gasteiger charge is -2.28. The Morgan fingerprint density at radius 1 is 1.35 bits per heavy atom. The number of methoxy groups -OCH3 is 1. The maximum absolute atomic E-state index is 14.6. The maximum atomic E-state index is 14.6. The first-order valence-corrected chi connectivity index (χ1v) is 9.81. The smallest absolute Gasteiger partial charge is 0.337 e. The van der Waals surface area contributed by atoms with Gasteiger partial charge in [-0.1, -0.05) is 0 Å². The van der Waals surface area contributed by atoms with E-state index in [-0.39, 0.29) is 48.1 Å². The van der Waals surface area contributed by atoms with Crippen LogP contribution in [0.4, 0.5) is 10.1 Å². The molecule has 1 aliphatic carbocycles. The minimum atomic E-state index is -0.769. The van der Waals surface area contributed by atoms with Crippen molar-refractivity contribution in [2.75, 3.05) is 32.1 Å². The average molecular weight is 433 g/mol. The first kappa shape index (κ1) is 22.4. The number of anilines is 1. The van der Waals surface area contributed by atoms with Crippen LogP contribution < -0.4 is 10.6 Å². The third-order valence-electron chi connectivity index (χ3n) is 5.49. The van der Waals surface area contributed by atoms with Gasteiger partial charge in [-0.3, -0.25) is 14.4 Å². The topological polar surface area (TPSA) is 125 Å². The predicted octanol–water partition coefficient (Wildman–Crippen LogP) is 0.441. The molecule has 1 unspecified atom stereocenters. The van der Waals surface area contributed by atoms with Crippen LogP contribution in [0.15, 0.2) is 17.3 Å². The van der Waals surface area contributed by atoms with E-state index in [1.807, 2.05) is 0 Å². The van der Waals surface area contributed by atoms with Crippen LogP contribution in [0.2, 0.25) is 0 Å². The van der Waals surface area contributed by atoms with Gasteiger partial charge in [0.25, 0.3) is 5.91 Å². The van der Waals surface area contributed by atoms with Crippen LogP contribution in [-0.2, 0) is 25.5 Å². The van der Waals surface area contributed by atoms with E-state index in [1.54, 1.807) is 6.92 Å². The van der Waals surface area contributed by atoms with Gasteiger partial charge in [-0.15, -0.1) is 0 Å². The molecule has 0 saturated heterocycles. The second-order valence-corrected chi connectivity index (χ2v) is 7.46. The molecule has 10 heteroatoms. The molecule has 166 valence electrons. The van der Waals surface area contributed by atoms with Crippen LogP contribution in [-0.4, -0.2) is 66.4 Å². The average Bonchev–Trinajstić information content (AvgIpc) is 3.02. The molecule has 0 radical (unpaired) electrons. The summed E-state index contributed by atoms with van der Waals surface area (Å²) in [5, 5.41) is 14.6. The van der Waals surface area contributed by atoms with Gasteiger partial charge in [0.15, 0.2) is 5.78 Å². The standard InChI is InChI=1S/C21H24FN3O6/c1-10-12-4-5-15(23-11(2)27)19(28)17(12)16(8-14(10)22)24-18-13(21(30)31-3)9-25(6-7-26)20(18)29/h8,15,24,26H,4-7,9H2,1-3H3,(H,23,27). The Bertz CT molecular complexity index is 1000. The summed E-state index contributed by atoms with van der Waals surface area (Å²) in [7, 11) is 1.17. The maximum Gasteiger partial charge on any atom is 0.337 e. The monoisotopic (exact) mass is 433 g/mol. The molecule has 0 bridgehead atoms. The van der Waals surface area contributed by atoms with E-state index in [0.29, 0.717) is 24.0 Å². The molecule has 2 amide bonds. The number of carbonyl (C=O) groups excluding carboxylic acids is 4. The number of esters is 1. The molecule has 1 heterocycles. The van der Waals surface area contributed by atoms with Crippen molar-refractivity contribution in [3.05, 3.63) is 39.8 Å². The first-order valence-electron chi connectivity index (χ1n) is 9.81. The second kappa shape index (κ2) is 8.84. The fourth-order valence-corrected chi connectivity index (χ4v) is 3.95. The lowest BCUT2D eigenvalue weighted by molar-refractivity contribution is -0.136. The summed E-state index contributed by atoms with van der Waals surface area (Å²) < 4.78 is 19.4. The van der Waals surface area contributed by atoms with Gasteiger partial charge in [0, 0.05) is 19.0 Å². The molecular weight excluding hydrogens is 409 g/mol. The third-order valence-corrected chi connectivity index (χ3v) is 5.49. The van der Waals surface area contributed by atoms with Crippen molar-refractivity contribution in [3.63, 3.8) is 0 Å². The Balaban J connectivity index is 2.08. The summed E-state index contributed by atoms with van der Waals surface area (Å²) in [5.74, 6) is -2.66. The Labute approximate surface area is 178 Å². The molecule has 0 fully saturated rings. The number of nitrogens with zero attached hydrogens (tertiary/aromatic N) is 1. The number of hydrogen-bond donors (Lipinski definition) is 3. The molecule has 0 saturated carbocycles. The van der Waals surface area contributed by atoms with Crippen LogP contribution >= 0.6 is 0 Å². The summed E-state index contributed by atoms with van der Waals surface area (Å²) in [6.45, 7) is 2.46. The van der Waals surface area contributed by atoms with Crippen LogP contribution in [0.5, 0.6) is 0 Å². The van der Waals surface area contributed by atoms with Crippen molar-refractivity contribution in [2.24, 2.45) is 0 Å². The number of aliphatic hydroxyl groups is 1. The van der Waals surface area contributed by atoms with Crippen molar-refractivity contribution < 1.29 is 33.4 Å². The third kappa shape index (κ3) is 4.15. The molecule has 3 N–H and O–H groups in total. The molecule has 3 rings (SSSR count). The second-order valence-electron chi connectivity index (χ2n) is 7.46. The zero-order chi connectivity index (χ0) is 22.9. The zero-order valence-corrected chi connectivity index (χ0v) is 17.5. The molecule has 1 aromatic carbocycles. The summed E-state index contributed by atoms with van der Waals surface area (Å²) in [6, 6.07) is 0.334. The summed E-state index contributed by atoms with van der Waals surface area (Å²) in [4.78, 5) is 50.8. The number of ketones is 1. The highest BCUT2D eigenvalue weighted by Gasteiger charge is 2.37. The number of amides is 2. The van der Waals surface area contributed by atoms with Crippen molar-refractivity contribution in [1.82, 2.24) is 10.2 Å². The van der Waals surface area contributed by atoms with Gasteiger partial charge >= 0.3 is 5.97 Å². The molecule has 0 aromatic heterocycles. The molecule has 1 aromatic rings. The van der Waals surface area contributed by atoms with Gasteiger partial charge in [0.1, 0.15) is 11.5 Å². The van der Waals surface area contributed by atoms with E-state index in [1.165, 1.54) is 18.9 Å². The largest absolute Gasteiger partial charge is 0.466 e. The quantitative estimate of drug-likeness (QED) is 0.556. The van der Waals surface area contributed by atoms with Crippen LogP contribution in [0.25, 0.3) is 0 Å². The van der Waals surface area contributed by atoms with Crippen LogP contribution in [0.3, 0.4) is 0 Å². The minimum Gasteiger partial charge on any atom is -0.466 e. The highest BCUT2D eigenvalue weighted by atomic mass is 19.1. The number of rotatable bonds is 6. The van der Waals surface area contributed by atoms with Crippen LogP contribution in [0, 0.1) is 12.7 Å². The molecule has 0 spiro atoms. The predicted molar refractivity (Wildman–Crippen MR) is 108 cm³/mol. The Morgan fingerprint density at radius 3 is 2.68 bits per heavy atom. The Kier molecular flexibility index (Phi) is 6.40. The van der Waals surface area contributed by atoms with Crippen molar-refractivity contribution in [2.45, 2.75) is 32.7 Å². The first-order chi connectivity index (χ1) is 14.7. The van der Waals surface area contributed by atoms with Crippen molar-refractivity contribution in [3.8, 4) is 0 Å². The number of nitrogens with one attached hydrogen (secondary N) is 2. The number of halogens is 1. The SMILES string of the molecule is COC(=O)C1=C(Nc2cc(F)c(C)c3c2C(=O)C(NC(C)=O)CC3)C(=O)N(CCO)C1. The number of fused-ring (bicyclic) bond motifs is 1. The van der Waals surface area contributed by atoms with E-state index < -0.39 is 29.5 Å². The van der Waals surface area contributed by atoms with Gasteiger partial charge in [0.05, 0.1) is 37.6 Å². The fourth-order valence-electron chi connectivity index (χ4n) is 3.95. The van der Waals surface area contributed by atoms with E-state index in [2.05, 4.69) is 10.6 Å². The molecule has 1 aliphatic heterocycles. The minimum absolute atomic E-state index is 0.00555. The molecule has 9 nitrogen and oxygen atoms in total. The number of Topliss-reactive ketones (excluding diaryl/α,β-unsaturated/α-hetero) is 1. The number of β-amino-alcohol motifs (C(OH)–C–C–N with tert-alkyl or cyclic N) is 1. The Hall–Kier alpha value is -3.27. The van der Waals surface area contributed by atoms with Gasteiger partial charge in [-0.05, 0) is 37.0 Å². The summed E-state index contributed by atoms with van der Waals surface area (Å²) in [6.07, 6.45) is 0.687. The van der Waals surface area contributed by atoms with Gasteiger partial charge < -0.3 is 25.4 Å². The van der Waals surface area contributed by atoms with Crippen molar-refractivity contribution >= 4 is 29.3 Å². The lowest BCUT2D eigenvalue weighted by atomic mass is 9.83. The fraction of sp³-hybridized carbons (Fsp3) is 0.429. The highest BCUT2D eigenvalue weighted by Crippen LogP contribution is 2.34. The van der Waals surface area contributed by atoms with E-state index in [4.69, 9.17) is 4.74 Å². The molecule has 2 aliphatic rings. The normalized spacial score (nSPS) is 18.2.